The minimum absolute atomic E-state index is 0.0689. The molecule has 4 rings (SSSR count). The summed E-state index contributed by atoms with van der Waals surface area (Å²) in [5.41, 5.74) is 4.90. The van der Waals surface area contributed by atoms with Crippen molar-refractivity contribution in [1.29, 1.82) is 0 Å². The second-order valence-corrected chi connectivity index (χ2v) is 10.0. The molecule has 1 heterocycles. The lowest BCUT2D eigenvalue weighted by atomic mass is 10.0. The number of urea groups is 1. The molecule has 3 aromatic rings. The van der Waals surface area contributed by atoms with E-state index in [4.69, 9.17) is 27.9 Å². The highest BCUT2D eigenvalue weighted by Crippen LogP contribution is 2.35. The second kappa shape index (κ2) is 11.3. The van der Waals surface area contributed by atoms with Gasteiger partial charge in [0, 0.05) is 5.69 Å². The van der Waals surface area contributed by atoms with E-state index in [1.807, 2.05) is 45.9 Å². The molecule has 200 valence electrons. The molecule has 2 N–H and O–H groups in total. The lowest BCUT2D eigenvalue weighted by molar-refractivity contribution is -0.122. The molecule has 1 aliphatic heterocycles. The van der Waals surface area contributed by atoms with Crippen LogP contribution in [0.3, 0.4) is 0 Å². The zero-order valence-corrected chi connectivity index (χ0v) is 23.2. The van der Waals surface area contributed by atoms with Crippen molar-refractivity contribution >= 4 is 64.4 Å². The summed E-state index contributed by atoms with van der Waals surface area (Å²) >= 11 is 12.7. The van der Waals surface area contributed by atoms with Gasteiger partial charge in [-0.3, -0.25) is 19.7 Å². The van der Waals surface area contributed by atoms with Gasteiger partial charge in [-0.2, -0.15) is 0 Å². The number of imide groups is 2. The summed E-state index contributed by atoms with van der Waals surface area (Å²) in [4.78, 5) is 51.5. The highest BCUT2D eigenvalue weighted by atomic mass is 35.5. The number of amides is 5. The van der Waals surface area contributed by atoms with Crippen LogP contribution in [0.15, 0.2) is 54.1 Å². The van der Waals surface area contributed by atoms with Crippen LogP contribution in [0.4, 0.5) is 16.2 Å². The lowest BCUT2D eigenvalue weighted by Gasteiger charge is -2.27. The molecule has 5 amide bonds. The highest BCUT2D eigenvalue weighted by Gasteiger charge is 2.37. The number of nitrogens with one attached hydrogen (secondary N) is 2. The molecule has 0 bridgehead atoms. The van der Waals surface area contributed by atoms with Gasteiger partial charge < -0.3 is 10.1 Å². The molecular formula is C29H25Cl2N3O5. The van der Waals surface area contributed by atoms with Gasteiger partial charge in [-0.1, -0.05) is 47.0 Å². The lowest BCUT2D eigenvalue weighted by Crippen LogP contribution is -2.54. The number of benzene rings is 3. The minimum Gasteiger partial charge on any atom is -0.481 e. The Kier molecular flexibility index (Phi) is 8.09. The van der Waals surface area contributed by atoms with E-state index in [0.29, 0.717) is 16.9 Å². The van der Waals surface area contributed by atoms with E-state index in [0.717, 1.165) is 27.2 Å². The molecule has 3 aromatic carbocycles. The molecule has 0 unspecified atom stereocenters. The predicted molar refractivity (Wildman–Crippen MR) is 151 cm³/mol. The van der Waals surface area contributed by atoms with Crippen LogP contribution in [0.5, 0.6) is 5.75 Å². The topological polar surface area (TPSA) is 105 Å². The number of rotatable bonds is 6. The van der Waals surface area contributed by atoms with E-state index in [1.165, 1.54) is 18.2 Å². The van der Waals surface area contributed by atoms with Crippen LogP contribution in [0.25, 0.3) is 6.08 Å². The van der Waals surface area contributed by atoms with Crippen LogP contribution in [-0.2, 0) is 14.4 Å². The maximum atomic E-state index is 13.2. The van der Waals surface area contributed by atoms with Crippen LogP contribution in [0.2, 0.25) is 10.0 Å². The Morgan fingerprint density at radius 1 is 0.923 bits per heavy atom. The van der Waals surface area contributed by atoms with Gasteiger partial charge in [0.05, 0.1) is 15.7 Å². The monoisotopic (exact) mass is 565 g/mol. The third-order valence-electron chi connectivity index (χ3n) is 6.19. The fourth-order valence-electron chi connectivity index (χ4n) is 4.00. The van der Waals surface area contributed by atoms with Crippen LogP contribution >= 0.6 is 23.2 Å². The largest absolute Gasteiger partial charge is 0.481 e. The smallest absolute Gasteiger partial charge is 0.335 e. The van der Waals surface area contributed by atoms with Gasteiger partial charge in [-0.25, -0.2) is 9.69 Å². The van der Waals surface area contributed by atoms with E-state index in [9.17, 15) is 19.2 Å². The summed E-state index contributed by atoms with van der Waals surface area (Å²) in [6.07, 6.45) is 1.28. The van der Waals surface area contributed by atoms with Crippen molar-refractivity contribution in [2.45, 2.75) is 27.7 Å². The molecule has 10 heteroatoms. The number of halogens is 2. The van der Waals surface area contributed by atoms with E-state index in [2.05, 4.69) is 10.6 Å². The molecule has 0 aliphatic carbocycles. The number of aryl methyl sites for hydroxylation is 4. The van der Waals surface area contributed by atoms with Crippen LogP contribution in [-0.4, -0.2) is 30.4 Å². The number of barbiturate groups is 1. The number of hydrogen-bond acceptors (Lipinski definition) is 5. The summed E-state index contributed by atoms with van der Waals surface area (Å²) in [5, 5.41) is 5.10. The molecule has 0 radical (unpaired) electrons. The Labute approximate surface area is 235 Å². The fourth-order valence-corrected chi connectivity index (χ4v) is 4.61. The summed E-state index contributed by atoms with van der Waals surface area (Å²) in [5.74, 6) is -1.97. The Morgan fingerprint density at radius 2 is 1.62 bits per heavy atom. The second-order valence-electron chi connectivity index (χ2n) is 9.20. The quantitative estimate of drug-likeness (QED) is 0.285. The molecular weight excluding hydrogens is 541 g/mol. The third kappa shape index (κ3) is 6.13. The van der Waals surface area contributed by atoms with Gasteiger partial charge >= 0.3 is 6.03 Å². The standard InChI is InChI=1S/C29H25Cl2N3O5/c1-15-5-8-24(18(4)9-15)32-25(35)14-39-26-22(30)12-19(13-23(26)31)11-21-27(36)33-29(38)34(28(21)37)20-7-6-16(2)17(3)10-20/h5-13H,14H2,1-4H3,(H,32,35)(H,33,36,38)/b21-11-. The van der Waals surface area contributed by atoms with Crippen LogP contribution < -0.4 is 20.3 Å². The third-order valence-corrected chi connectivity index (χ3v) is 6.75. The number of carbonyl (C=O) groups is 4. The maximum Gasteiger partial charge on any atom is 0.335 e. The highest BCUT2D eigenvalue weighted by molar-refractivity contribution is 6.40. The SMILES string of the molecule is Cc1ccc(NC(=O)COc2c(Cl)cc(/C=C3/C(=O)NC(=O)N(c4ccc(C)c(C)c4)C3=O)cc2Cl)c(C)c1. The van der Waals surface area contributed by atoms with Crippen molar-refractivity contribution in [3.63, 3.8) is 0 Å². The van der Waals surface area contributed by atoms with Crippen molar-refractivity contribution < 1.29 is 23.9 Å². The van der Waals surface area contributed by atoms with E-state index in [-0.39, 0.29) is 28.0 Å². The summed E-state index contributed by atoms with van der Waals surface area (Å²) in [7, 11) is 0. The molecule has 0 atom stereocenters. The van der Waals surface area contributed by atoms with Gasteiger partial charge in [0.2, 0.25) is 0 Å². The van der Waals surface area contributed by atoms with Crippen LogP contribution in [0.1, 0.15) is 27.8 Å². The maximum absolute atomic E-state index is 13.2. The fraction of sp³-hybridized carbons (Fsp3) is 0.172. The van der Waals surface area contributed by atoms with Crippen molar-refractivity contribution in [2.75, 3.05) is 16.8 Å². The first-order chi connectivity index (χ1) is 18.4. The Morgan fingerprint density at radius 3 is 2.26 bits per heavy atom. The number of anilines is 2. The van der Waals surface area contributed by atoms with E-state index in [1.54, 1.807) is 18.2 Å². The minimum atomic E-state index is -0.847. The number of nitrogens with zero attached hydrogens (tertiary/aromatic N) is 1. The number of ether oxygens (including phenoxy) is 1. The Bertz CT molecular complexity index is 1540. The van der Waals surface area contributed by atoms with Gasteiger partial charge in [-0.05, 0) is 86.4 Å². The molecule has 0 spiro atoms. The summed E-state index contributed by atoms with van der Waals surface area (Å²) < 4.78 is 5.57. The molecule has 1 fully saturated rings. The van der Waals surface area contributed by atoms with E-state index < -0.39 is 23.8 Å². The van der Waals surface area contributed by atoms with Gasteiger partial charge in [0.15, 0.2) is 12.4 Å². The molecule has 0 aromatic heterocycles. The normalized spacial score (nSPS) is 14.5. The molecule has 1 saturated heterocycles. The van der Waals surface area contributed by atoms with Crippen molar-refractivity contribution in [3.05, 3.63) is 92.0 Å². The Balaban J connectivity index is 1.53. The average molecular weight is 566 g/mol. The predicted octanol–water partition coefficient (Wildman–Crippen LogP) is 5.91. The number of carbonyl (C=O) groups excluding carboxylic acids is 4. The van der Waals surface area contributed by atoms with E-state index >= 15 is 0 Å². The van der Waals surface area contributed by atoms with Crippen LogP contribution in [0, 0.1) is 27.7 Å². The first-order valence-electron chi connectivity index (χ1n) is 11.9. The van der Waals surface area contributed by atoms with Crippen molar-refractivity contribution in [1.82, 2.24) is 5.32 Å². The zero-order chi connectivity index (χ0) is 28.4. The number of hydrogen-bond donors (Lipinski definition) is 2. The van der Waals surface area contributed by atoms with Gasteiger partial charge in [0.1, 0.15) is 5.57 Å². The Hall–Kier alpha value is -4.14. The van der Waals surface area contributed by atoms with Gasteiger partial charge in [-0.15, -0.1) is 0 Å². The summed E-state index contributed by atoms with van der Waals surface area (Å²) in [6.45, 7) is 7.26. The van der Waals surface area contributed by atoms with Crippen molar-refractivity contribution in [2.24, 2.45) is 0 Å². The first-order valence-corrected chi connectivity index (χ1v) is 12.7. The molecule has 0 saturated carbocycles. The summed E-state index contributed by atoms with van der Waals surface area (Å²) in [6, 6.07) is 12.8. The average Bonchev–Trinajstić information content (AvgIpc) is 2.85. The molecule has 8 nitrogen and oxygen atoms in total. The van der Waals surface area contributed by atoms with Crippen molar-refractivity contribution in [3.8, 4) is 5.75 Å². The zero-order valence-electron chi connectivity index (χ0n) is 21.6. The molecule has 39 heavy (non-hydrogen) atoms. The first kappa shape index (κ1) is 27.9. The molecule has 1 aliphatic rings. The van der Waals surface area contributed by atoms with Gasteiger partial charge in [0.25, 0.3) is 17.7 Å².